The summed E-state index contributed by atoms with van der Waals surface area (Å²) < 4.78 is 11.9. The van der Waals surface area contributed by atoms with Gasteiger partial charge in [0.25, 0.3) is 0 Å². The van der Waals surface area contributed by atoms with E-state index in [-0.39, 0.29) is 5.56 Å². The number of esters is 1. The molecule has 1 heterocycles. The van der Waals surface area contributed by atoms with Crippen molar-refractivity contribution in [1.29, 1.82) is 0 Å². The molecular formula is C13H15N3O3. The minimum absolute atomic E-state index is 0.277. The van der Waals surface area contributed by atoms with Gasteiger partial charge in [0.1, 0.15) is 5.75 Å². The van der Waals surface area contributed by atoms with E-state index in [4.69, 9.17) is 10.5 Å². The monoisotopic (exact) mass is 261 g/mol. The molecule has 0 amide bonds. The van der Waals surface area contributed by atoms with Crippen LogP contribution in [0.15, 0.2) is 24.3 Å². The van der Waals surface area contributed by atoms with Crippen LogP contribution in [0.3, 0.4) is 0 Å². The van der Waals surface area contributed by atoms with E-state index in [9.17, 15) is 4.79 Å². The second-order valence-corrected chi connectivity index (χ2v) is 4.09. The predicted molar refractivity (Wildman–Crippen MR) is 70.2 cm³/mol. The molecule has 2 rings (SSSR count). The summed E-state index contributed by atoms with van der Waals surface area (Å²) in [6, 6.07) is 6.63. The molecule has 0 radical (unpaired) electrons. The van der Waals surface area contributed by atoms with Crippen molar-refractivity contribution >= 4 is 11.7 Å². The number of nitrogens with zero attached hydrogens (tertiary/aromatic N) is 2. The summed E-state index contributed by atoms with van der Waals surface area (Å²) in [5.74, 6) is 0.583. The first-order valence-electron chi connectivity index (χ1n) is 5.67. The van der Waals surface area contributed by atoms with Crippen LogP contribution in [0.1, 0.15) is 16.1 Å². The summed E-state index contributed by atoms with van der Waals surface area (Å²) in [7, 11) is 3.08. The van der Waals surface area contributed by atoms with Crippen LogP contribution < -0.4 is 10.5 Å². The Bertz CT molecular complexity index is 620. The number of nitrogens with two attached hydrogens (primary N) is 1. The number of carbonyl (C=O) groups excluding carboxylic acids is 1. The van der Waals surface area contributed by atoms with E-state index in [0.717, 1.165) is 5.69 Å². The zero-order chi connectivity index (χ0) is 14.0. The topological polar surface area (TPSA) is 79.4 Å². The van der Waals surface area contributed by atoms with Crippen LogP contribution >= 0.6 is 0 Å². The van der Waals surface area contributed by atoms with Crippen LogP contribution in [0.5, 0.6) is 11.6 Å². The van der Waals surface area contributed by atoms with E-state index in [1.807, 2.05) is 6.92 Å². The minimum Gasteiger partial charge on any atom is -0.465 e. The van der Waals surface area contributed by atoms with Crippen LogP contribution in [-0.4, -0.2) is 22.9 Å². The molecule has 2 N–H and O–H groups in total. The van der Waals surface area contributed by atoms with Crippen molar-refractivity contribution in [2.45, 2.75) is 6.92 Å². The van der Waals surface area contributed by atoms with Gasteiger partial charge in [-0.15, -0.1) is 0 Å². The Morgan fingerprint density at radius 1 is 1.37 bits per heavy atom. The fourth-order valence-electron chi connectivity index (χ4n) is 1.69. The highest BCUT2D eigenvalue weighted by Gasteiger charge is 2.12. The third-order valence-electron chi connectivity index (χ3n) is 2.61. The summed E-state index contributed by atoms with van der Waals surface area (Å²) in [4.78, 5) is 11.5. The van der Waals surface area contributed by atoms with Crippen LogP contribution in [-0.2, 0) is 11.8 Å². The van der Waals surface area contributed by atoms with Crippen LogP contribution in [0.25, 0.3) is 0 Å². The molecule has 0 saturated carbocycles. The van der Waals surface area contributed by atoms with Gasteiger partial charge in [-0.25, -0.2) is 9.48 Å². The average Bonchev–Trinajstić information content (AvgIpc) is 2.69. The van der Waals surface area contributed by atoms with E-state index in [2.05, 4.69) is 9.84 Å². The van der Waals surface area contributed by atoms with Crippen molar-refractivity contribution in [3.8, 4) is 11.6 Å². The molecule has 2 aromatic rings. The zero-order valence-corrected chi connectivity index (χ0v) is 11.0. The van der Waals surface area contributed by atoms with Gasteiger partial charge >= 0.3 is 5.97 Å². The van der Waals surface area contributed by atoms with E-state index >= 15 is 0 Å². The number of aryl methyl sites for hydroxylation is 2. The zero-order valence-electron chi connectivity index (χ0n) is 11.0. The van der Waals surface area contributed by atoms with Gasteiger partial charge in [0.05, 0.1) is 18.4 Å². The van der Waals surface area contributed by atoms with Gasteiger partial charge in [-0.05, 0) is 25.1 Å². The number of hydrogen-bond acceptors (Lipinski definition) is 5. The second-order valence-electron chi connectivity index (χ2n) is 4.09. The molecule has 6 heteroatoms. The third-order valence-corrected chi connectivity index (χ3v) is 2.61. The Kier molecular flexibility index (Phi) is 3.41. The van der Waals surface area contributed by atoms with Gasteiger partial charge in [-0.3, -0.25) is 0 Å². The third kappa shape index (κ3) is 2.67. The lowest BCUT2D eigenvalue weighted by molar-refractivity contribution is 0.0601. The Hall–Kier alpha value is -2.50. The standard InChI is InChI=1S/C13H15N3O3/c1-8-6-12(16(2)15-8)19-9-4-5-11(14)10(7-9)13(17)18-3/h4-7H,14H2,1-3H3. The highest BCUT2D eigenvalue weighted by atomic mass is 16.5. The molecule has 0 aliphatic rings. The van der Waals surface area contributed by atoms with E-state index in [1.165, 1.54) is 7.11 Å². The van der Waals surface area contributed by atoms with E-state index < -0.39 is 5.97 Å². The molecule has 0 unspecified atom stereocenters. The molecule has 0 spiro atoms. The average molecular weight is 261 g/mol. The largest absolute Gasteiger partial charge is 0.465 e. The highest BCUT2D eigenvalue weighted by Crippen LogP contribution is 2.25. The highest BCUT2D eigenvalue weighted by molar-refractivity contribution is 5.95. The van der Waals surface area contributed by atoms with Crippen molar-refractivity contribution in [3.05, 3.63) is 35.5 Å². The van der Waals surface area contributed by atoms with Crippen molar-refractivity contribution in [1.82, 2.24) is 9.78 Å². The lowest BCUT2D eigenvalue weighted by atomic mass is 10.2. The summed E-state index contributed by atoms with van der Waals surface area (Å²) >= 11 is 0. The van der Waals surface area contributed by atoms with Crippen molar-refractivity contribution < 1.29 is 14.3 Å². The fourth-order valence-corrected chi connectivity index (χ4v) is 1.69. The Labute approximate surface area is 110 Å². The van der Waals surface area contributed by atoms with E-state index in [0.29, 0.717) is 17.3 Å². The summed E-state index contributed by atoms with van der Waals surface area (Å²) in [5.41, 5.74) is 7.19. The minimum atomic E-state index is -0.496. The molecule has 0 atom stereocenters. The van der Waals surface area contributed by atoms with Gasteiger partial charge < -0.3 is 15.2 Å². The molecule has 1 aromatic carbocycles. The number of methoxy groups -OCH3 is 1. The van der Waals surface area contributed by atoms with Gasteiger partial charge in [0.15, 0.2) is 0 Å². The van der Waals surface area contributed by atoms with Crippen LogP contribution in [0, 0.1) is 6.92 Å². The first kappa shape index (κ1) is 12.9. The van der Waals surface area contributed by atoms with Crippen LogP contribution in [0.2, 0.25) is 0 Å². The molecule has 0 saturated heterocycles. The lowest BCUT2D eigenvalue weighted by Crippen LogP contribution is -2.06. The number of carbonyl (C=O) groups is 1. The molecule has 0 fully saturated rings. The molecule has 0 aliphatic heterocycles. The molecular weight excluding hydrogens is 246 g/mol. The maximum absolute atomic E-state index is 11.5. The molecule has 1 aromatic heterocycles. The van der Waals surface area contributed by atoms with Gasteiger partial charge in [-0.1, -0.05) is 0 Å². The van der Waals surface area contributed by atoms with Gasteiger partial charge in [-0.2, -0.15) is 5.10 Å². The second kappa shape index (κ2) is 5.01. The van der Waals surface area contributed by atoms with Crippen molar-refractivity contribution in [3.63, 3.8) is 0 Å². The van der Waals surface area contributed by atoms with Crippen molar-refractivity contribution in [2.75, 3.05) is 12.8 Å². The molecule has 0 aliphatic carbocycles. The first-order valence-corrected chi connectivity index (χ1v) is 5.67. The number of rotatable bonds is 3. The Morgan fingerprint density at radius 2 is 2.11 bits per heavy atom. The number of aromatic nitrogens is 2. The maximum Gasteiger partial charge on any atom is 0.340 e. The number of nitrogen functional groups attached to an aromatic ring is 1. The molecule has 0 bridgehead atoms. The first-order chi connectivity index (χ1) is 9.01. The SMILES string of the molecule is COC(=O)c1cc(Oc2cc(C)nn2C)ccc1N. The number of anilines is 1. The quantitative estimate of drug-likeness (QED) is 0.674. The summed E-state index contributed by atoms with van der Waals surface area (Å²) in [5, 5.41) is 4.17. The maximum atomic E-state index is 11.5. The Morgan fingerprint density at radius 3 is 2.68 bits per heavy atom. The predicted octanol–water partition coefficient (Wildman–Crippen LogP) is 1.89. The number of benzene rings is 1. The molecule has 100 valence electrons. The Balaban J connectivity index is 2.31. The molecule has 19 heavy (non-hydrogen) atoms. The van der Waals surface area contributed by atoms with Crippen LogP contribution in [0.4, 0.5) is 5.69 Å². The lowest BCUT2D eigenvalue weighted by Gasteiger charge is -2.08. The summed E-state index contributed by atoms with van der Waals surface area (Å²) in [6.07, 6.45) is 0. The fraction of sp³-hybridized carbons (Fsp3) is 0.231. The molecule has 6 nitrogen and oxygen atoms in total. The normalized spacial score (nSPS) is 10.3. The van der Waals surface area contributed by atoms with E-state index in [1.54, 1.807) is 36.0 Å². The summed E-state index contributed by atoms with van der Waals surface area (Å²) in [6.45, 7) is 1.87. The number of ether oxygens (including phenoxy) is 2. The van der Waals surface area contributed by atoms with Crippen molar-refractivity contribution in [2.24, 2.45) is 7.05 Å². The smallest absolute Gasteiger partial charge is 0.340 e. The number of hydrogen-bond donors (Lipinski definition) is 1. The van der Waals surface area contributed by atoms with Gasteiger partial charge in [0, 0.05) is 18.8 Å². The van der Waals surface area contributed by atoms with Gasteiger partial charge in [0.2, 0.25) is 5.88 Å².